The van der Waals surface area contributed by atoms with Gasteiger partial charge in [0.05, 0.1) is 0 Å². The van der Waals surface area contributed by atoms with E-state index in [0.717, 1.165) is 6.08 Å². The molecule has 0 spiro atoms. The number of allylic oxidation sites excluding steroid dienone is 1. The smallest absolute Gasteiger partial charge is 0.273 e. The van der Waals surface area contributed by atoms with Gasteiger partial charge in [-0.05, 0) is 11.3 Å². The highest BCUT2D eigenvalue weighted by Crippen LogP contribution is 1.88. The molecule has 1 aromatic heterocycles. The van der Waals surface area contributed by atoms with E-state index >= 15 is 0 Å². The summed E-state index contributed by atoms with van der Waals surface area (Å²) < 4.78 is 0. The second-order valence-corrected chi connectivity index (χ2v) is 1.63. The molecule has 11 heavy (non-hydrogen) atoms. The molecule has 1 aromatic rings. The van der Waals surface area contributed by atoms with E-state index in [9.17, 15) is 9.59 Å². The minimum atomic E-state index is -0.811. The number of hydrogen-bond donors (Lipinski definition) is 1. The molecule has 0 fully saturated rings. The maximum Gasteiger partial charge on any atom is 0.273 e. The number of rotatable bonds is 3. The summed E-state index contributed by atoms with van der Waals surface area (Å²) in [6.07, 6.45) is 0.901. The summed E-state index contributed by atoms with van der Waals surface area (Å²) in [5, 5.41) is 11.8. The van der Waals surface area contributed by atoms with Gasteiger partial charge in [-0.25, -0.2) is 0 Å². The molecular formula is C5H4N4O2. The third-order valence-electron chi connectivity index (χ3n) is 0.958. The van der Waals surface area contributed by atoms with Gasteiger partial charge < -0.3 is 0 Å². The molecule has 0 saturated carbocycles. The van der Waals surface area contributed by atoms with Crippen LogP contribution in [0.5, 0.6) is 0 Å². The van der Waals surface area contributed by atoms with Crippen molar-refractivity contribution in [2.24, 2.45) is 0 Å². The Bertz CT molecular complexity index is 289. The molecule has 1 N–H and O–H groups in total. The van der Waals surface area contributed by atoms with E-state index < -0.39 is 11.6 Å². The highest BCUT2D eigenvalue weighted by atomic mass is 16.2. The maximum absolute atomic E-state index is 10.8. The zero-order valence-electron chi connectivity index (χ0n) is 5.44. The van der Waals surface area contributed by atoms with Gasteiger partial charge in [-0.2, -0.15) is 5.21 Å². The van der Waals surface area contributed by atoms with Crippen LogP contribution >= 0.6 is 0 Å². The lowest BCUT2D eigenvalue weighted by molar-refractivity contribution is -0.111. The molecule has 0 aliphatic rings. The van der Waals surface area contributed by atoms with Gasteiger partial charge in [0.15, 0.2) is 0 Å². The Morgan fingerprint density at radius 3 is 2.73 bits per heavy atom. The lowest BCUT2D eigenvalue weighted by Gasteiger charge is -1.83. The number of nitrogens with one attached hydrogen (secondary N) is 1. The van der Waals surface area contributed by atoms with Crippen molar-refractivity contribution >= 4 is 11.6 Å². The molecule has 0 unspecified atom stereocenters. The number of Topliss-reactive ketones (excluding diaryl/α,β-unsaturated/α-hetero) is 1. The quantitative estimate of drug-likeness (QED) is 0.345. The zero-order chi connectivity index (χ0) is 8.27. The summed E-state index contributed by atoms with van der Waals surface area (Å²) in [5.74, 6) is -1.80. The van der Waals surface area contributed by atoms with Crippen molar-refractivity contribution in [1.82, 2.24) is 20.6 Å². The van der Waals surface area contributed by atoms with E-state index in [1.807, 2.05) is 0 Å². The Hall–Kier alpha value is -1.85. The van der Waals surface area contributed by atoms with Crippen LogP contribution < -0.4 is 0 Å². The molecular weight excluding hydrogens is 148 g/mol. The van der Waals surface area contributed by atoms with Crippen molar-refractivity contribution in [3.8, 4) is 0 Å². The molecule has 0 aliphatic carbocycles. The number of aromatic amines is 1. The fourth-order valence-electron chi connectivity index (χ4n) is 0.461. The molecule has 1 heterocycles. The van der Waals surface area contributed by atoms with Crippen molar-refractivity contribution in [3.63, 3.8) is 0 Å². The number of ketones is 2. The van der Waals surface area contributed by atoms with Crippen LogP contribution in [0, 0.1) is 0 Å². The van der Waals surface area contributed by atoms with E-state index in [4.69, 9.17) is 0 Å². The molecule has 0 aliphatic heterocycles. The summed E-state index contributed by atoms with van der Waals surface area (Å²) in [5.41, 5.74) is 0. The van der Waals surface area contributed by atoms with E-state index in [2.05, 4.69) is 27.2 Å². The number of tetrazole rings is 1. The first-order chi connectivity index (χ1) is 5.25. The number of hydrogen-bond acceptors (Lipinski definition) is 5. The van der Waals surface area contributed by atoms with Crippen LogP contribution in [0.1, 0.15) is 10.6 Å². The summed E-state index contributed by atoms with van der Waals surface area (Å²) in [6, 6.07) is 0. The van der Waals surface area contributed by atoms with Gasteiger partial charge in [0.1, 0.15) is 0 Å². The Labute approximate surface area is 61.3 Å². The molecule has 0 atom stereocenters. The number of nitrogens with zero attached hydrogens (tertiary/aromatic N) is 3. The molecule has 0 bridgehead atoms. The highest BCUT2D eigenvalue weighted by Gasteiger charge is 2.16. The SMILES string of the molecule is C=CC(=O)C(=O)c1nn[nH]n1. The van der Waals surface area contributed by atoms with Crippen LogP contribution in [0.3, 0.4) is 0 Å². The molecule has 1 rings (SSSR count). The molecule has 6 heteroatoms. The molecule has 0 aromatic carbocycles. The summed E-state index contributed by atoms with van der Waals surface area (Å²) in [6.45, 7) is 3.14. The number of carbonyl (C=O) groups excluding carboxylic acids is 2. The van der Waals surface area contributed by atoms with Crippen molar-refractivity contribution in [3.05, 3.63) is 18.5 Å². The van der Waals surface area contributed by atoms with Crippen LogP contribution in [0.2, 0.25) is 0 Å². The Morgan fingerprint density at radius 2 is 2.27 bits per heavy atom. The fourth-order valence-corrected chi connectivity index (χ4v) is 0.461. The Morgan fingerprint density at radius 1 is 1.55 bits per heavy atom. The van der Waals surface area contributed by atoms with Gasteiger partial charge in [0.2, 0.25) is 11.6 Å². The number of aromatic nitrogens is 4. The van der Waals surface area contributed by atoms with Crippen molar-refractivity contribution in [1.29, 1.82) is 0 Å². The van der Waals surface area contributed by atoms with Gasteiger partial charge in [0, 0.05) is 0 Å². The van der Waals surface area contributed by atoms with Gasteiger partial charge in [-0.3, -0.25) is 9.59 Å². The van der Waals surface area contributed by atoms with Crippen molar-refractivity contribution in [2.75, 3.05) is 0 Å². The minimum Gasteiger partial charge on any atom is -0.285 e. The molecule has 0 radical (unpaired) electrons. The van der Waals surface area contributed by atoms with Crippen LogP contribution in [0.4, 0.5) is 0 Å². The molecule has 0 amide bonds. The Kier molecular flexibility index (Phi) is 1.86. The minimum absolute atomic E-state index is 0.241. The normalized spacial score (nSPS) is 9.09. The second-order valence-electron chi connectivity index (χ2n) is 1.63. The highest BCUT2D eigenvalue weighted by molar-refractivity contribution is 6.46. The zero-order valence-corrected chi connectivity index (χ0v) is 5.44. The standard InChI is InChI=1S/C5H4N4O2/c1-2-3(10)4(11)5-6-8-9-7-5/h2H,1H2,(H,6,7,8,9). The maximum atomic E-state index is 10.8. The van der Waals surface area contributed by atoms with Crippen molar-refractivity contribution < 1.29 is 9.59 Å². The molecule has 56 valence electrons. The lowest BCUT2D eigenvalue weighted by atomic mass is 10.2. The lowest BCUT2D eigenvalue weighted by Crippen LogP contribution is -2.12. The van der Waals surface area contributed by atoms with Gasteiger partial charge in [-0.1, -0.05) is 6.58 Å². The first kappa shape index (κ1) is 7.26. The monoisotopic (exact) mass is 152 g/mol. The van der Waals surface area contributed by atoms with E-state index in [1.165, 1.54) is 0 Å². The number of carbonyl (C=O) groups is 2. The summed E-state index contributed by atoms with van der Waals surface area (Å²) in [4.78, 5) is 21.5. The first-order valence-corrected chi connectivity index (χ1v) is 2.70. The van der Waals surface area contributed by atoms with Gasteiger partial charge in [-0.15, -0.1) is 10.2 Å². The van der Waals surface area contributed by atoms with Gasteiger partial charge >= 0.3 is 0 Å². The summed E-state index contributed by atoms with van der Waals surface area (Å²) in [7, 11) is 0. The van der Waals surface area contributed by atoms with E-state index in [1.54, 1.807) is 0 Å². The number of H-pyrrole nitrogens is 1. The van der Waals surface area contributed by atoms with Crippen molar-refractivity contribution in [2.45, 2.75) is 0 Å². The first-order valence-electron chi connectivity index (χ1n) is 2.70. The predicted octanol–water partition coefficient (Wildman–Crippen LogP) is -0.863. The largest absolute Gasteiger partial charge is 0.285 e. The molecule has 0 saturated heterocycles. The van der Waals surface area contributed by atoms with Crippen LogP contribution in [0.15, 0.2) is 12.7 Å². The topological polar surface area (TPSA) is 88.6 Å². The summed E-state index contributed by atoms with van der Waals surface area (Å²) >= 11 is 0. The third kappa shape index (κ3) is 1.34. The average Bonchev–Trinajstić information content (AvgIpc) is 2.53. The Balaban J connectivity index is 2.87. The fraction of sp³-hybridized carbons (Fsp3) is 0. The van der Waals surface area contributed by atoms with Gasteiger partial charge in [0.25, 0.3) is 5.78 Å². The van der Waals surface area contributed by atoms with E-state index in [0.29, 0.717) is 0 Å². The van der Waals surface area contributed by atoms with Crippen LogP contribution in [-0.4, -0.2) is 32.2 Å². The van der Waals surface area contributed by atoms with Crippen LogP contribution in [-0.2, 0) is 4.79 Å². The molecule has 6 nitrogen and oxygen atoms in total. The second kappa shape index (κ2) is 2.82. The van der Waals surface area contributed by atoms with Crippen LogP contribution in [0.25, 0.3) is 0 Å². The average molecular weight is 152 g/mol. The van der Waals surface area contributed by atoms with E-state index in [-0.39, 0.29) is 5.82 Å². The predicted molar refractivity (Wildman–Crippen MR) is 33.7 cm³/mol. The third-order valence-corrected chi connectivity index (χ3v) is 0.958.